The average molecular weight is 281 g/mol. The Kier molecular flexibility index (Phi) is 4.06. The molecule has 104 valence electrons. The van der Waals surface area contributed by atoms with Crippen LogP contribution in [0.25, 0.3) is 0 Å². The van der Waals surface area contributed by atoms with Crippen LogP contribution >= 0.6 is 0 Å². The first kappa shape index (κ1) is 14.2. The number of rotatable bonds is 2. The van der Waals surface area contributed by atoms with Crippen molar-refractivity contribution in [2.75, 3.05) is 13.7 Å². The molecule has 0 bridgehead atoms. The van der Waals surface area contributed by atoms with E-state index in [4.69, 9.17) is 9.47 Å². The molecule has 1 aromatic carbocycles. The van der Waals surface area contributed by atoms with Gasteiger partial charge in [0.25, 0.3) is 0 Å². The largest absolute Gasteiger partial charge is 0.591 e. The van der Waals surface area contributed by atoms with E-state index in [0.717, 1.165) is 22.8 Å². The lowest BCUT2D eigenvalue weighted by Gasteiger charge is -2.22. The minimum absolute atomic E-state index is 0.357. The van der Waals surface area contributed by atoms with Gasteiger partial charge in [-0.1, -0.05) is 4.40 Å². The molecule has 19 heavy (non-hydrogen) atoms. The highest BCUT2D eigenvalue weighted by atomic mass is 32.2. The SMILES string of the molecule is COc1ccc2c(c1)C(=N[S+]([O-])C(C)(C)C)CCO2. The Morgan fingerprint density at radius 2 is 2.11 bits per heavy atom. The minimum atomic E-state index is -1.26. The minimum Gasteiger partial charge on any atom is -0.591 e. The highest BCUT2D eigenvalue weighted by molar-refractivity contribution is 7.91. The van der Waals surface area contributed by atoms with E-state index in [1.165, 1.54) is 0 Å². The van der Waals surface area contributed by atoms with Crippen LogP contribution in [-0.4, -0.2) is 28.7 Å². The Morgan fingerprint density at radius 1 is 1.37 bits per heavy atom. The van der Waals surface area contributed by atoms with Gasteiger partial charge in [0.2, 0.25) is 0 Å². The molecule has 1 unspecified atom stereocenters. The van der Waals surface area contributed by atoms with E-state index in [0.29, 0.717) is 13.0 Å². The van der Waals surface area contributed by atoms with E-state index >= 15 is 0 Å². The summed E-state index contributed by atoms with van der Waals surface area (Å²) >= 11 is -1.26. The first-order valence-electron chi connectivity index (χ1n) is 6.22. The molecular weight excluding hydrogens is 262 g/mol. The van der Waals surface area contributed by atoms with Gasteiger partial charge in [0.15, 0.2) is 0 Å². The molecule has 0 aromatic heterocycles. The number of methoxy groups -OCH3 is 1. The highest BCUT2D eigenvalue weighted by Crippen LogP contribution is 2.30. The molecule has 0 radical (unpaired) electrons. The predicted octanol–water partition coefficient (Wildman–Crippen LogP) is 2.73. The quantitative estimate of drug-likeness (QED) is 0.783. The number of hydrogen-bond acceptors (Lipinski definition) is 4. The van der Waals surface area contributed by atoms with Crippen LogP contribution in [0.15, 0.2) is 22.6 Å². The van der Waals surface area contributed by atoms with Crippen molar-refractivity contribution in [3.05, 3.63) is 23.8 Å². The van der Waals surface area contributed by atoms with Crippen molar-refractivity contribution in [2.24, 2.45) is 4.40 Å². The Labute approximate surface area is 117 Å². The summed E-state index contributed by atoms with van der Waals surface area (Å²) in [4.78, 5) is 0. The van der Waals surface area contributed by atoms with Gasteiger partial charge in [-0.25, -0.2) is 0 Å². The average Bonchev–Trinajstić information content (AvgIpc) is 2.37. The van der Waals surface area contributed by atoms with Gasteiger partial charge in [-0.05, 0) is 39.0 Å². The molecular formula is C14H19NO3S. The zero-order chi connectivity index (χ0) is 14.0. The van der Waals surface area contributed by atoms with Crippen LogP contribution in [0, 0.1) is 0 Å². The molecule has 1 heterocycles. The van der Waals surface area contributed by atoms with Gasteiger partial charge in [0.05, 0.1) is 13.7 Å². The molecule has 1 aliphatic rings. The third kappa shape index (κ3) is 3.22. The molecule has 0 spiro atoms. The normalized spacial score (nSPS) is 18.7. The fraction of sp³-hybridized carbons (Fsp3) is 0.500. The van der Waals surface area contributed by atoms with E-state index in [1.54, 1.807) is 7.11 Å². The second-order valence-electron chi connectivity index (χ2n) is 5.36. The molecule has 2 rings (SSSR count). The van der Waals surface area contributed by atoms with E-state index in [2.05, 4.69) is 4.40 Å². The molecule has 0 amide bonds. The van der Waals surface area contributed by atoms with Crippen LogP contribution in [0.4, 0.5) is 0 Å². The molecule has 0 aliphatic carbocycles. The summed E-state index contributed by atoms with van der Waals surface area (Å²) in [6, 6.07) is 5.60. The third-order valence-electron chi connectivity index (χ3n) is 2.81. The van der Waals surface area contributed by atoms with Crippen molar-refractivity contribution < 1.29 is 14.0 Å². The smallest absolute Gasteiger partial charge is 0.144 e. The first-order chi connectivity index (χ1) is 8.91. The topological polar surface area (TPSA) is 53.9 Å². The zero-order valence-electron chi connectivity index (χ0n) is 11.7. The Morgan fingerprint density at radius 3 is 2.74 bits per heavy atom. The van der Waals surface area contributed by atoms with Gasteiger partial charge in [0, 0.05) is 12.0 Å². The van der Waals surface area contributed by atoms with Gasteiger partial charge >= 0.3 is 0 Å². The lowest BCUT2D eigenvalue weighted by atomic mass is 10.0. The van der Waals surface area contributed by atoms with Gasteiger partial charge in [-0.2, -0.15) is 0 Å². The summed E-state index contributed by atoms with van der Waals surface area (Å²) in [6.07, 6.45) is 0.669. The zero-order valence-corrected chi connectivity index (χ0v) is 12.5. The standard InChI is InChI=1S/C14H19NO3S/c1-14(2,3)19(16)15-12-7-8-18-13-6-5-10(17-4)9-11(12)13/h5-6,9H,7-8H2,1-4H3. The van der Waals surface area contributed by atoms with Crippen molar-refractivity contribution in [3.8, 4) is 11.5 Å². The van der Waals surface area contributed by atoms with Crippen molar-refractivity contribution in [1.29, 1.82) is 0 Å². The highest BCUT2D eigenvalue weighted by Gasteiger charge is 2.29. The number of hydrogen-bond donors (Lipinski definition) is 0. The number of nitrogens with zero attached hydrogens (tertiary/aromatic N) is 1. The summed E-state index contributed by atoms with van der Waals surface area (Å²) < 4.78 is 27.0. The third-order valence-corrected chi connectivity index (χ3v) is 4.24. The molecule has 0 saturated carbocycles. The maximum absolute atomic E-state index is 12.1. The van der Waals surface area contributed by atoms with Crippen molar-refractivity contribution >= 4 is 17.1 Å². The van der Waals surface area contributed by atoms with Crippen molar-refractivity contribution in [2.45, 2.75) is 31.9 Å². The van der Waals surface area contributed by atoms with E-state index in [-0.39, 0.29) is 4.75 Å². The van der Waals surface area contributed by atoms with Crippen LogP contribution in [0.1, 0.15) is 32.8 Å². The monoisotopic (exact) mass is 281 g/mol. The molecule has 5 heteroatoms. The maximum Gasteiger partial charge on any atom is 0.144 e. The Balaban J connectivity index is 2.38. The molecule has 1 aromatic rings. The van der Waals surface area contributed by atoms with Crippen LogP contribution in [0.3, 0.4) is 0 Å². The second kappa shape index (κ2) is 5.43. The number of fused-ring (bicyclic) bond motifs is 1. The molecule has 4 nitrogen and oxygen atoms in total. The Bertz CT molecular complexity index is 494. The van der Waals surface area contributed by atoms with E-state index in [9.17, 15) is 4.55 Å². The van der Waals surface area contributed by atoms with Crippen LogP contribution in [-0.2, 0) is 11.4 Å². The fourth-order valence-electron chi connectivity index (χ4n) is 1.71. The van der Waals surface area contributed by atoms with Crippen LogP contribution in [0.2, 0.25) is 0 Å². The predicted molar refractivity (Wildman–Crippen MR) is 77.5 cm³/mol. The molecule has 0 saturated heterocycles. The molecule has 1 atom stereocenters. The van der Waals surface area contributed by atoms with Crippen molar-refractivity contribution in [1.82, 2.24) is 0 Å². The van der Waals surface area contributed by atoms with Crippen LogP contribution < -0.4 is 9.47 Å². The number of ether oxygens (including phenoxy) is 2. The lowest BCUT2D eigenvalue weighted by molar-refractivity contribution is 0.319. The second-order valence-corrected chi connectivity index (χ2v) is 7.27. The maximum atomic E-state index is 12.1. The van der Waals surface area contributed by atoms with Gasteiger partial charge in [-0.3, -0.25) is 0 Å². The van der Waals surface area contributed by atoms with Gasteiger partial charge < -0.3 is 14.0 Å². The first-order valence-corrected chi connectivity index (χ1v) is 7.33. The molecule has 0 N–H and O–H groups in total. The summed E-state index contributed by atoms with van der Waals surface area (Å²) in [6.45, 7) is 6.32. The summed E-state index contributed by atoms with van der Waals surface area (Å²) in [5, 5.41) is 0. The lowest BCUT2D eigenvalue weighted by Crippen LogP contribution is -2.28. The summed E-state index contributed by atoms with van der Waals surface area (Å²) in [5.41, 5.74) is 1.71. The fourth-order valence-corrected chi connectivity index (χ4v) is 2.38. The van der Waals surface area contributed by atoms with E-state index < -0.39 is 11.4 Å². The van der Waals surface area contributed by atoms with E-state index in [1.807, 2.05) is 39.0 Å². The van der Waals surface area contributed by atoms with Crippen LogP contribution in [0.5, 0.6) is 11.5 Å². The summed E-state index contributed by atoms with van der Waals surface area (Å²) in [7, 11) is 1.62. The van der Waals surface area contributed by atoms with Crippen molar-refractivity contribution in [3.63, 3.8) is 0 Å². The molecule has 1 aliphatic heterocycles. The van der Waals surface area contributed by atoms with Gasteiger partial charge in [-0.15, -0.1) is 0 Å². The number of benzene rings is 1. The Hall–Kier alpha value is -1.20. The molecule has 0 fully saturated rings. The van der Waals surface area contributed by atoms with Gasteiger partial charge in [0.1, 0.15) is 33.3 Å². The summed E-state index contributed by atoms with van der Waals surface area (Å²) in [5.74, 6) is 1.52.